The molecule has 0 aromatic heterocycles. The zero-order valence-corrected chi connectivity index (χ0v) is 21.6. The van der Waals surface area contributed by atoms with E-state index in [1.165, 1.54) is 83.5 Å². The molecule has 0 saturated carbocycles. The van der Waals surface area contributed by atoms with Gasteiger partial charge in [-0.2, -0.15) is 0 Å². The zero-order chi connectivity index (χ0) is 22.7. The van der Waals surface area contributed by atoms with Crippen LogP contribution in [0.2, 0.25) is 0 Å². The summed E-state index contributed by atoms with van der Waals surface area (Å²) in [5.41, 5.74) is 0. The number of unbranched alkanes of at least 4 members (excludes halogenated alkanes) is 14. The molecule has 0 saturated heterocycles. The van der Waals surface area contributed by atoms with Crippen LogP contribution < -0.4 is 0 Å². The lowest BCUT2D eigenvalue weighted by Crippen LogP contribution is -2.43. The Bertz CT molecular complexity index is 438. The van der Waals surface area contributed by atoms with Crippen molar-refractivity contribution in [2.75, 3.05) is 27.7 Å². The van der Waals surface area contributed by atoms with Gasteiger partial charge in [-0.15, -0.1) is 12.4 Å². The fourth-order valence-electron chi connectivity index (χ4n) is 3.83. The SMILES string of the molecule is CCCCCCCCCCCCCCCCCC(=O)O[C@H](CC(=O)O)C[N+](C)(C)C.Cl. The van der Waals surface area contributed by atoms with E-state index in [2.05, 4.69) is 6.92 Å². The molecule has 6 heteroatoms. The predicted octanol–water partition coefficient (Wildman–Crippen LogP) is 6.76. The van der Waals surface area contributed by atoms with Gasteiger partial charge in [0.25, 0.3) is 0 Å². The van der Waals surface area contributed by atoms with E-state index in [4.69, 9.17) is 9.84 Å². The lowest BCUT2D eigenvalue weighted by atomic mass is 10.0. The number of hydrogen-bond donors (Lipinski definition) is 1. The molecule has 0 unspecified atom stereocenters. The molecule has 5 nitrogen and oxygen atoms in total. The summed E-state index contributed by atoms with van der Waals surface area (Å²) in [7, 11) is 5.91. The average molecular weight is 465 g/mol. The molecule has 0 heterocycles. The maximum absolute atomic E-state index is 12.0. The molecule has 0 aliphatic carbocycles. The quantitative estimate of drug-likeness (QED) is 0.116. The number of rotatable bonds is 21. The second-order valence-electron chi connectivity index (χ2n) is 9.88. The van der Waals surface area contributed by atoms with Crippen molar-refractivity contribution in [1.82, 2.24) is 0 Å². The van der Waals surface area contributed by atoms with Crippen molar-refractivity contribution in [2.24, 2.45) is 0 Å². The van der Waals surface area contributed by atoms with Gasteiger partial charge < -0.3 is 14.3 Å². The largest absolute Gasteiger partial charge is 0.481 e. The van der Waals surface area contributed by atoms with Gasteiger partial charge in [0.2, 0.25) is 0 Å². The highest BCUT2D eigenvalue weighted by Gasteiger charge is 2.24. The number of carboxylic acids is 1. The molecule has 1 N–H and O–H groups in total. The van der Waals surface area contributed by atoms with E-state index in [0.29, 0.717) is 17.4 Å². The average Bonchev–Trinajstić information content (AvgIpc) is 2.63. The molecule has 186 valence electrons. The molecule has 0 radical (unpaired) electrons. The Kier molecular flexibility index (Phi) is 22.0. The third-order valence-electron chi connectivity index (χ3n) is 5.44. The van der Waals surface area contributed by atoms with Crippen LogP contribution in [0.4, 0.5) is 0 Å². The summed E-state index contributed by atoms with van der Waals surface area (Å²) < 4.78 is 5.99. The molecular formula is C25H51ClNO4+. The van der Waals surface area contributed by atoms with Crippen LogP contribution >= 0.6 is 12.4 Å². The standard InChI is InChI=1S/C25H49NO4.ClH/c1-5-6-7-8-9-10-11-12-13-14-15-16-17-18-19-20-25(29)30-23(21-24(27)28)22-26(2,3)4;/h23H,5-22H2,1-4H3;1H/p+1/t23-;/m1./s1. The van der Waals surface area contributed by atoms with Gasteiger partial charge in [-0.3, -0.25) is 9.59 Å². The molecule has 0 amide bonds. The van der Waals surface area contributed by atoms with Gasteiger partial charge >= 0.3 is 11.9 Å². The molecule has 1 atom stereocenters. The monoisotopic (exact) mass is 464 g/mol. The van der Waals surface area contributed by atoms with Gasteiger partial charge in [-0.05, 0) is 6.42 Å². The van der Waals surface area contributed by atoms with E-state index in [1.807, 2.05) is 21.1 Å². The maximum Gasteiger partial charge on any atom is 0.307 e. The van der Waals surface area contributed by atoms with E-state index in [1.54, 1.807) is 0 Å². The first-order valence-electron chi connectivity index (χ1n) is 12.5. The van der Waals surface area contributed by atoms with Crippen molar-refractivity contribution in [1.29, 1.82) is 0 Å². The van der Waals surface area contributed by atoms with Crippen LogP contribution in [0.5, 0.6) is 0 Å². The van der Waals surface area contributed by atoms with Crippen LogP contribution in [-0.2, 0) is 14.3 Å². The molecule has 0 aliphatic rings. The minimum absolute atomic E-state index is 0. The third-order valence-corrected chi connectivity index (χ3v) is 5.44. The van der Waals surface area contributed by atoms with Crippen molar-refractivity contribution in [2.45, 2.75) is 122 Å². The second kappa shape index (κ2) is 21.1. The molecule has 31 heavy (non-hydrogen) atoms. The van der Waals surface area contributed by atoms with E-state index in [9.17, 15) is 9.59 Å². The molecule has 0 aromatic rings. The fourth-order valence-corrected chi connectivity index (χ4v) is 3.83. The van der Waals surface area contributed by atoms with Gasteiger partial charge in [0, 0.05) is 6.42 Å². The lowest BCUT2D eigenvalue weighted by Gasteiger charge is -2.28. The van der Waals surface area contributed by atoms with Crippen molar-refractivity contribution in [3.8, 4) is 0 Å². The number of hydrogen-bond acceptors (Lipinski definition) is 3. The van der Waals surface area contributed by atoms with Crippen LogP contribution in [0.1, 0.15) is 116 Å². The van der Waals surface area contributed by atoms with E-state index in [-0.39, 0.29) is 24.8 Å². The van der Waals surface area contributed by atoms with Crippen molar-refractivity contribution in [3.05, 3.63) is 0 Å². The first kappa shape index (κ1) is 32.4. The van der Waals surface area contributed by atoms with Gasteiger partial charge in [-0.25, -0.2) is 0 Å². The number of carbonyl (C=O) groups is 2. The number of ether oxygens (including phenoxy) is 1. The smallest absolute Gasteiger partial charge is 0.307 e. The Hall–Kier alpha value is -0.810. The highest BCUT2D eigenvalue weighted by molar-refractivity contribution is 5.85. The molecule has 0 spiro atoms. The number of carboxylic acid groups (broad SMARTS) is 1. The number of esters is 1. The van der Waals surface area contributed by atoms with Crippen molar-refractivity contribution >= 4 is 24.3 Å². The van der Waals surface area contributed by atoms with Gasteiger partial charge in [0.15, 0.2) is 6.10 Å². The topological polar surface area (TPSA) is 63.6 Å². The first-order chi connectivity index (χ1) is 14.2. The molecule has 0 aliphatic heterocycles. The Labute approximate surface area is 198 Å². The molecule has 0 aromatic carbocycles. The predicted molar refractivity (Wildman–Crippen MR) is 132 cm³/mol. The summed E-state index contributed by atoms with van der Waals surface area (Å²) in [5.74, 6) is -1.18. The summed E-state index contributed by atoms with van der Waals surface area (Å²) in [6, 6.07) is 0. The first-order valence-corrected chi connectivity index (χ1v) is 12.5. The summed E-state index contributed by atoms with van der Waals surface area (Å²) >= 11 is 0. The minimum Gasteiger partial charge on any atom is -0.481 e. The van der Waals surface area contributed by atoms with Gasteiger partial charge in [0.1, 0.15) is 6.54 Å². The normalized spacial score (nSPS) is 12.3. The number of likely N-dealkylation sites (N-methyl/N-ethyl adjacent to an activating group) is 1. The number of carbonyl (C=O) groups excluding carboxylic acids is 1. The summed E-state index contributed by atoms with van der Waals surface area (Å²) in [6.45, 7) is 2.78. The van der Waals surface area contributed by atoms with Crippen molar-refractivity contribution in [3.63, 3.8) is 0 Å². The summed E-state index contributed by atoms with van der Waals surface area (Å²) in [4.78, 5) is 23.0. The van der Waals surface area contributed by atoms with Crippen molar-refractivity contribution < 1.29 is 23.9 Å². The zero-order valence-electron chi connectivity index (χ0n) is 20.8. The Morgan fingerprint density at radius 2 is 1.13 bits per heavy atom. The lowest BCUT2D eigenvalue weighted by molar-refractivity contribution is -0.873. The highest BCUT2D eigenvalue weighted by atomic mass is 35.5. The number of halogens is 1. The highest BCUT2D eigenvalue weighted by Crippen LogP contribution is 2.14. The number of quaternary nitrogens is 1. The molecule has 0 bridgehead atoms. The van der Waals surface area contributed by atoms with Crippen LogP contribution in [0.25, 0.3) is 0 Å². The third kappa shape index (κ3) is 25.3. The Balaban J connectivity index is 0. The van der Waals surface area contributed by atoms with E-state index < -0.39 is 12.1 Å². The van der Waals surface area contributed by atoms with Crippen LogP contribution in [0.3, 0.4) is 0 Å². The molecular weight excluding hydrogens is 414 g/mol. The molecule has 0 rings (SSSR count). The second-order valence-corrected chi connectivity index (χ2v) is 9.88. The van der Waals surface area contributed by atoms with E-state index >= 15 is 0 Å². The van der Waals surface area contributed by atoms with E-state index in [0.717, 1.165) is 12.8 Å². The van der Waals surface area contributed by atoms with Crippen LogP contribution in [0.15, 0.2) is 0 Å². The van der Waals surface area contributed by atoms with Crippen LogP contribution in [-0.4, -0.2) is 55.3 Å². The maximum atomic E-state index is 12.0. The molecule has 0 fully saturated rings. The number of nitrogens with zero attached hydrogens (tertiary/aromatic N) is 1. The minimum atomic E-state index is -0.923. The fraction of sp³-hybridized carbons (Fsp3) is 0.920. The van der Waals surface area contributed by atoms with Gasteiger partial charge in [-0.1, -0.05) is 96.8 Å². The van der Waals surface area contributed by atoms with Crippen LogP contribution in [0, 0.1) is 0 Å². The van der Waals surface area contributed by atoms with Gasteiger partial charge in [0.05, 0.1) is 27.6 Å². The summed E-state index contributed by atoms with van der Waals surface area (Å²) in [6.07, 6.45) is 19.1. The Morgan fingerprint density at radius 3 is 1.48 bits per heavy atom. The summed E-state index contributed by atoms with van der Waals surface area (Å²) in [5, 5.41) is 9.01. The Morgan fingerprint density at radius 1 is 0.742 bits per heavy atom. The number of aliphatic carboxylic acids is 1.